The molecule has 2 aromatic carbocycles. The Bertz CT molecular complexity index is 622. The summed E-state index contributed by atoms with van der Waals surface area (Å²) in [5, 5.41) is 10.4. The van der Waals surface area contributed by atoms with Gasteiger partial charge in [0.15, 0.2) is 0 Å². The van der Waals surface area contributed by atoms with Crippen molar-refractivity contribution in [2.24, 2.45) is 0 Å². The highest BCUT2D eigenvalue weighted by atomic mass is 79.9. The summed E-state index contributed by atoms with van der Waals surface area (Å²) in [6.45, 7) is 0.366. The number of benzene rings is 2. The van der Waals surface area contributed by atoms with Gasteiger partial charge in [-0.25, -0.2) is 0 Å². The van der Waals surface area contributed by atoms with Crippen molar-refractivity contribution in [3.63, 3.8) is 0 Å². The lowest BCUT2D eigenvalue weighted by Gasteiger charge is -2.11. The number of ether oxygens (including phenoxy) is 1. The first-order valence-corrected chi connectivity index (χ1v) is 7.19. The normalized spacial score (nSPS) is 9.95. The molecule has 2 aromatic rings. The van der Waals surface area contributed by atoms with Crippen LogP contribution in [0.5, 0.6) is 5.75 Å². The number of rotatable bonds is 4. The summed E-state index contributed by atoms with van der Waals surface area (Å²) < 4.78 is 5.77. The predicted octanol–water partition coefficient (Wildman–Crippen LogP) is 4.69. The monoisotopic (exact) mass is 335 g/mol. The van der Waals surface area contributed by atoms with Crippen LogP contribution in [0.15, 0.2) is 42.5 Å². The van der Waals surface area contributed by atoms with Crippen LogP contribution in [0.4, 0.5) is 0 Å². The maximum atomic E-state index is 9.02. The Balaban J connectivity index is 2.17. The van der Waals surface area contributed by atoms with Gasteiger partial charge in [0.25, 0.3) is 0 Å². The maximum Gasteiger partial charge on any atom is 0.123 e. The van der Waals surface area contributed by atoms with E-state index in [2.05, 4.69) is 22.0 Å². The molecule has 0 saturated carbocycles. The molecule has 0 spiro atoms. The molecule has 0 bridgehead atoms. The molecule has 0 aromatic heterocycles. The molecular weight excluding hydrogens is 326 g/mol. The van der Waals surface area contributed by atoms with Gasteiger partial charge in [-0.2, -0.15) is 5.26 Å². The van der Waals surface area contributed by atoms with Crippen LogP contribution in [0.3, 0.4) is 0 Å². The highest BCUT2D eigenvalue weighted by Gasteiger charge is 2.06. The van der Waals surface area contributed by atoms with Gasteiger partial charge in [-0.05, 0) is 24.3 Å². The zero-order valence-corrected chi connectivity index (χ0v) is 12.4. The number of nitriles is 1. The minimum absolute atomic E-state index is 0.366. The number of nitrogens with zero attached hydrogens (tertiary/aromatic N) is 1. The minimum atomic E-state index is 0.366. The van der Waals surface area contributed by atoms with E-state index in [0.29, 0.717) is 22.5 Å². The van der Waals surface area contributed by atoms with Crippen LogP contribution in [0, 0.1) is 11.3 Å². The van der Waals surface area contributed by atoms with E-state index in [4.69, 9.17) is 21.6 Å². The lowest BCUT2D eigenvalue weighted by molar-refractivity contribution is 0.303. The first-order valence-electron chi connectivity index (χ1n) is 5.70. The van der Waals surface area contributed by atoms with Crippen LogP contribution in [-0.2, 0) is 11.9 Å². The van der Waals surface area contributed by atoms with Gasteiger partial charge in [0.05, 0.1) is 11.6 Å². The van der Waals surface area contributed by atoms with Crippen LogP contribution < -0.4 is 4.74 Å². The molecule has 2 nitrogen and oxygen atoms in total. The smallest absolute Gasteiger partial charge is 0.123 e. The summed E-state index contributed by atoms with van der Waals surface area (Å²) in [4.78, 5) is 0. The molecule has 0 aliphatic heterocycles. The van der Waals surface area contributed by atoms with Gasteiger partial charge >= 0.3 is 0 Å². The highest BCUT2D eigenvalue weighted by Crippen LogP contribution is 2.26. The van der Waals surface area contributed by atoms with E-state index in [9.17, 15) is 0 Å². The van der Waals surface area contributed by atoms with E-state index in [1.54, 1.807) is 12.1 Å². The van der Waals surface area contributed by atoms with Crippen molar-refractivity contribution in [3.05, 3.63) is 64.2 Å². The zero-order chi connectivity index (χ0) is 13.7. The molecule has 0 unspecified atom stereocenters. The summed E-state index contributed by atoms with van der Waals surface area (Å²) in [5.74, 6) is 0.772. The maximum absolute atomic E-state index is 9.02. The van der Waals surface area contributed by atoms with E-state index in [1.165, 1.54) is 0 Å². The number of alkyl halides is 1. The Morgan fingerprint density at radius 3 is 2.68 bits per heavy atom. The van der Waals surface area contributed by atoms with E-state index in [1.807, 2.05) is 30.3 Å². The third kappa shape index (κ3) is 3.50. The van der Waals surface area contributed by atoms with E-state index in [0.717, 1.165) is 16.9 Å². The molecule has 0 fully saturated rings. The summed E-state index contributed by atoms with van der Waals surface area (Å²) in [7, 11) is 0. The molecule has 0 amide bonds. The standard InChI is InChI=1S/C15H11BrClNO/c16-8-13-7-14(17)5-6-15(13)19-10-12-4-2-1-3-11(12)9-18/h1-7H,8,10H2. The molecular formula is C15H11BrClNO. The molecule has 2 rings (SSSR count). The van der Waals surface area contributed by atoms with E-state index < -0.39 is 0 Å². The van der Waals surface area contributed by atoms with Crippen LogP contribution in [-0.4, -0.2) is 0 Å². The summed E-state index contributed by atoms with van der Waals surface area (Å²) in [6.07, 6.45) is 0. The van der Waals surface area contributed by atoms with Gasteiger partial charge < -0.3 is 4.74 Å². The van der Waals surface area contributed by atoms with Crippen LogP contribution >= 0.6 is 27.5 Å². The summed E-state index contributed by atoms with van der Waals surface area (Å²) in [5.41, 5.74) is 2.50. The summed E-state index contributed by atoms with van der Waals surface area (Å²) in [6, 6.07) is 15.1. The first kappa shape index (κ1) is 13.9. The lowest BCUT2D eigenvalue weighted by atomic mass is 10.1. The molecule has 0 heterocycles. The van der Waals surface area contributed by atoms with Gasteiger partial charge in [0, 0.05) is 21.5 Å². The van der Waals surface area contributed by atoms with Gasteiger partial charge in [-0.3, -0.25) is 0 Å². The van der Waals surface area contributed by atoms with Crippen molar-refractivity contribution >= 4 is 27.5 Å². The summed E-state index contributed by atoms with van der Waals surface area (Å²) >= 11 is 9.35. The van der Waals surface area contributed by atoms with Crippen molar-refractivity contribution < 1.29 is 4.74 Å². The average Bonchev–Trinajstić information content (AvgIpc) is 2.46. The average molecular weight is 337 g/mol. The molecule has 19 heavy (non-hydrogen) atoms. The topological polar surface area (TPSA) is 33.0 Å². The second-order valence-corrected chi connectivity index (χ2v) is 4.94. The zero-order valence-electron chi connectivity index (χ0n) is 10.1. The fraction of sp³-hybridized carbons (Fsp3) is 0.133. The van der Waals surface area contributed by atoms with Gasteiger partial charge in [0.1, 0.15) is 12.4 Å². The largest absolute Gasteiger partial charge is 0.489 e. The quantitative estimate of drug-likeness (QED) is 0.759. The Labute approximate surface area is 125 Å². The fourth-order valence-electron chi connectivity index (χ4n) is 1.70. The van der Waals surface area contributed by atoms with Crippen molar-refractivity contribution in [2.75, 3.05) is 0 Å². The van der Waals surface area contributed by atoms with Crippen LogP contribution in [0.25, 0.3) is 0 Å². The van der Waals surface area contributed by atoms with Crippen LogP contribution in [0.1, 0.15) is 16.7 Å². The molecule has 0 N–H and O–H groups in total. The molecule has 4 heteroatoms. The number of hydrogen-bond acceptors (Lipinski definition) is 2. The van der Waals surface area contributed by atoms with Crippen molar-refractivity contribution in [3.8, 4) is 11.8 Å². The number of halogens is 2. The van der Waals surface area contributed by atoms with Gasteiger partial charge in [-0.1, -0.05) is 45.7 Å². The van der Waals surface area contributed by atoms with Gasteiger partial charge in [0.2, 0.25) is 0 Å². The Kier molecular flexibility index (Phi) is 4.84. The van der Waals surface area contributed by atoms with Crippen LogP contribution in [0.2, 0.25) is 5.02 Å². The van der Waals surface area contributed by atoms with Gasteiger partial charge in [-0.15, -0.1) is 0 Å². The van der Waals surface area contributed by atoms with Crippen molar-refractivity contribution in [1.82, 2.24) is 0 Å². The third-order valence-corrected chi connectivity index (χ3v) is 3.53. The number of hydrogen-bond donors (Lipinski definition) is 0. The molecule has 0 saturated heterocycles. The predicted molar refractivity (Wildman–Crippen MR) is 79.6 cm³/mol. The third-order valence-electron chi connectivity index (χ3n) is 2.69. The van der Waals surface area contributed by atoms with Crippen molar-refractivity contribution in [1.29, 1.82) is 5.26 Å². The van der Waals surface area contributed by atoms with Crippen molar-refractivity contribution in [2.45, 2.75) is 11.9 Å². The highest BCUT2D eigenvalue weighted by molar-refractivity contribution is 9.08. The molecule has 0 aliphatic carbocycles. The Hall–Kier alpha value is -1.50. The molecule has 96 valence electrons. The molecule has 0 aliphatic rings. The Morgan fingerprint density at radius 1 is 1.16 bits per heavy atom. The minimum Gasteiger partial charge on any atom is -0.489 e. The lowest BCUT2D eigenvalue weighted by Crippen LogP contribution is -2.00. The van der Waals surface area contributed by atoms with E-state index in [-0.39, 0.29) is 0 Å². The Morgan fingerprint density at radius 2 is 1.95 bits per heavy atom. The first-order chi connectivity index (χ1) is 9.24. The molecule has 0 radical (unpaired) electrons. The fourth-order valence-corrected chi connectivity index (χ4v) is 2.34. The molecule has 0 atom stereocenters. The van der Waals surface area contributed by atoms with E-state index >= 15 is 0 Å². The SMILES string of the molecule is N#Cc1ccccc1COc1ccc(Cl)cc1CBr. The second-order valence-electron chi connectivity index (χ2n) is 3.94. The second kappa shape index (κ2) is 6.60.